The number of aromatic nitrogens is 4. The molecular weight excluding hydrogens is 178 g/mol. The molecule has 2 N–H and O–H groups in total. The van der Waals surface area contributed by atoms with Gasteiger partial charge in [-0.05, 0) is 6.92 Å². The number of imidazole rings is 1. The third-order valence-electron chi connectivity index (χ3n) is 2.27. The molecule has 5 heteroatoms. The fourth-order valence-electron chi connectivity index (χ4n) is 1.32. The quantitative estimate of drug-likeness (QED) is 0.775. The third kappa shape index (κ3) is 1.61. The number of aryl methyl sites for hydroxylation is 2. The molecule has 0 saturated heterocycles. The second-order valence-corrected chi connectivity index (χ2v) is 3.21. The van der Waals surface area contributed by atoms with Crippen LogP contribution in [0.15, 0.2) is 24.9 Å². The van der Waals surface area contributed by atoms with Crippen LogP contribution in [-0.4, -0.2) is 19.3 Å². The van der Waals surface area contributed by atoms with Crippen molar-refractivity contribution < 1.29 is 0 Å². The molecule has 0 aliphatic rings. The smallest absolute Gasteiger partial charge is 0.0946 e. The summed E-state index contributed by atoms with van der Waals surface area (Å²) in [6, 6.07) is 0. The third-order valence-corrected chi connectivity index (χ3v) is 2.27. The summed E-state index contributed by atoms with van der Waals surface area (Å²) in [5, 5.41) is 4.17. The first-order valence-corrected chi connectivity index (χ1v) is 4.51. The lowest BCUT2D eigenvalue weighted by atomic mass is 10.4. The Labute approximate surface area is 82.2 Å². The Kier molecular flexibility index (Phi) is 2.22. The molecule has 0 saturated carbocycles. The molecule has 0 aromatic carbocycles. The van der Waals surface area contributed by atoms with Crippen molar-refractivity contribution in [2.75, 3.05) is 5.73 Å². The largest absolute Gasteiger partial charge is 0.396 e. The van der Waals surface area contributed by atoms with Gasteiger partial charge >= 0.3 is 0 Å². The van der Waals surface area contributed by atoms with Gasteiger partial charge in [0, 0.05) is 18.9 Å². The van der Waals surface area contributed by atoms with Crippen LogP contribution < -0.4 is 5.73 Å². The van der Waals surface area contributed by atoms with Crippen LogP contribution in [0.3, 0.4) is 0 Å². The van der Waals surface area contributed by atoms with E-state index < -0.39 is 0 Å². The van der Waals surface area contributed by atoms with Gasteiger partial charge < -0.3 is 10.3 Å². The highest BCUT2D eigenvalue weighted by atomic mass is 15.3. The number of nitrogens with zero attached hydrogens (tertiary/aromatic N) is 4. The lowest BCUT2D eigenvalue weighted by molar-refractivity contribution is 0.523. The van der Waals surface area contributed by atoms with Crippen molar-refractivity contribution in [3.8, 4) is 0 Å². The van der Waals surface area contributed by atoms with Crippen LogP contribution in [0.5, 0.6) is 0 Å². The van der Waals surface area contributed by atoms with E-state index in [0.29, 0.717) is 0 Å². The van der Waals surface area contributed by atoms with E-state index in [-0.39, 0.29) is 0 Å². The zero-order valence-corrected chi connectivity index (χ0v) is 8.09. The fraction of sp³-hybridized carbons (Fsp3) is 0.333. The zero-order valence-electron chi connectivity index (χ0n) is 8.09. The van der Waals surface area contributed by atoms with Crippen LogP contribution >= 0.6 is 0 Å². The molecular formula is C9H13N5. The second-order valence-electron chi connectivity index (χ2n) is 3.21. The van der Waals surface area contributed by atoms with E-state index in [0.717, 1.165) is 24.5 Å². The molecule has 14 heavy (non-hydrogen) atoms. The van der Waals surface area contributed by atoms with Crippen LogP contribution in [0.1, 0.15) is 5.69 Å². The van der Waals surface area contributed by atoms with Crippen LogP contribution in [0.25, 0.3) is 0 Å². The van der Waals surface area contributed by atoms with Crippen molar-refractivity contribution in [1.82, 2.24) is 19.3 Å². The summed E-state index contributed by atoms with van der Waals surface area (Å²) in [6.45, 7) is 3.65. The Morgan fingerprint density at radius 3 is 2.86 bits per heavy atom. The molecule has 2 aromatic rings. The van der Waals surface area contributed by atoms with Gasteiger partial charge in [0.15, 0.2) is 0 Å². The molecule has 0 unspecified atom stereocenters. The minimum Gasteiger partial charge on any atom is -0.396 e. The van der Waals surface area contributed by atoms with Gasteiger partial charge in [-0.1, -0.05) is 0 Å². The maximum Gasteiger partial charge on any atom is 0.0946 e. The molecule has 2 heterocycles. The molecule has 0 radical (unpaired) electrons. The predicted octanol–water partition coefficient (Wildman–Crippen LogP) is 0.670. The maximum atomic E-state index is 5.69. The molecule has 0 aliphatic heterocycles. The Bertz CT molecular complexity index is 401. The summed E-state index contributed by atoms with van der Waals surface area (Å²) in [5.74, 6) is 0. The van der Waals surface area contributed by atoms with E-state index in [9.17, 15) is 0 Å². The fourth-order valence-corrected chi connectivity index (χ4v) is 1.32. The number of hydrogen-bond acceptors (Lipinski definition) is 3. The van der Waals surface area contributed by atoms with Gasteiger partial charge in [0.1, 0.15) is 0 Å². The summed E-state index contributed by atoms with van der Waals surface area (Å²) in [6.07, 6.45) is 7.18. The molecule has 74 valence electrons. The highest BCUT2D eigenvalue weighted by Gasteiger charge is 2.01. The van der Waals surface area contributed by atoms with E-state index in [1.807, 2.05) is 22.4 Å². The second kappa shape index (κ2) is 3.53. The molecule has 2 rings (SSSR count). The first-order chi connectivity index (χ1) is 6.77. The summed E-state index contributed by atoms with van der Waals surface area (Å²) in [4.78, 5) is 3.97. The SMILES string of the molecule is Cc1c(N)cnn1CCn1ccnc1. The van der Waals surface area contributed by atoms with Gasteiger partial charge in [-0.15, -0.1) is 0 Å². The first kappa shape index (κ1) is 8.80. The first-order valence-electron chi connectivity index (χ1n) is 4.51. The summed E-state index contributed by atoms with van der Waals surface area (Å²) >= 11 is 0. The van der Waals surface area contributed by atoms with Gasteiger partial charge in [-0.3, -0.25) is 4.68 Å². The van der Waals surface area contributed by atoms with Crippen molar-refractivity contribution in [2.45, 2.75) is 20.0 Å². The number of nitrogens with two attached hydrogens (primary N) is 1. The van der Waals surface area contributed by atoms with Gasteiger partial charge in [-0.25, -0.2) is 4.98 Å². The Balaban J connectivity index is 2.02. The molecule has 2 aromatic heterocycles. The molecule has 0 bridgehead atoms. The topological polar surface area (TPSA) is 61.7 Å². The highest BCUT2D eigenvalue weighted by Crippen LogP contribution is 2.08. The van der Waals surface area contributed by atoms with Crippen molar-refractivity contribution >= 4 is 5.69 Å². The number of anilines is 1. The van der Waals surface area contributed by atoms with Crippen molar-refractivity contribution in [2.24, 2.45) is 0 Å². The number of rotatable bonds is 3. The highest BCUT2D eigenvalue weighted by molar-refractivity contribution is 5.39. The monoisotopic (exact) mass is 191 g/mol. The average Bonchev–Trinajstić information content (AvgIpc) is 2.77. The predicted molar refractivity (Wildman–Crippen MR) is 53.6 cm³/mol. The average molecular weight is 191 g/mol. The molecule has 5 nitrogen and oxygen atoms in total. The van der Waals surface area contributed by atoms with E-state index in [1.165, 1.54) is 0 Å². The van der Waals surface area contributed by atoms with Crippen LogP contribution in [0.2, 0.25) is 0 Å². The van der Waals surface area contributed by atoms with Crippen LogP contribution in [0, 0.1) is 6.92 Å². The lowest BCUT2D eigenvalue weighted by Gasteiger charge is -2.04. The summed E-state index contributed by atoms with van der Waals surface area (Å²) < 4.78 is 3.91. The van der Waals surface area contributed by atoms with E-state index >= 15 is 0 Å². The van der Waals surface area contributed by atoms with Gasteiger partial charge in [-0.2, -0.15) is 5.10 Å². The summed E-state index contributed by atoms with van der Waals surface area (Å²) in [5.41, 5.74) is 7.45. The number of hydrogen-bond donors (Lipinski definition) is 1. The maximum absolute atomic E-state index is 5.69. The van der Waals surface area contributed by atoms with E-state index in [2.05, 4.69) is 10.1 Å². The Morgan fingerprint density at radius 2 is 2.29 bits per heavy atom. The van der Waals surface area contributed by atoms with Crippen molar-refractivity contribution in [3.05, 3.63) is 30.6 Å². The lowest BCUT2D eigenvalue weighted by Crippen LogP contribution is -2.08. The standard InChI is InChI=1S/C9H13N5/c1-8-9(10)6-12-14(8)5-4-13-3-2-11-7-13/h2-3,6-7H,4-5,10H2,1H3. The number of nitrogen functional groups attached to an aromatic ring is 1. The van der Waals surface area contributed by atoms with Crippen LogP contribution in [0.4, 0.5) is 5.69 Å². The summed E-state index contributed by atoms with van der Waals surface area (Å²) in [7, 11) is 0. The Morgan fingerprint density at radius 1 is 1.43 bits per heavy atom. The minimum absolute atomic E-state index is 0.746. The molecule has 0 amide bonds. The van der Waals surface area contributed by atoms with E-state index in [1.54, 1.807) is 18.7 Å². The zero-order chi connectivity index (χ0) is 9.97. The molecule has 0 fully saturated rings. The molecule has 0 spiro atoms. The van der Waals surface area contributed by atoms with Crippen molar-refractivity contribution in [1.29, 1.82) is 0 Å². The molecule has 0 aliphatic carbocycles. The van der Waals surface area contributed by atoms with Gasteiger partial charge in [0.25, 0.3) is 0 Å². The molecule has 0 atom stereocenters. The Hall–Kier alpha value is -1.78. The van der Waals surface area contributed by atoms with Gasteiger partial charge in [0.2, 0.25) is 0 Å². The van der Waals surface area contributed by atoms with E-state index in [4.69, 9.17) is 5.73 Å². The van der Waals surface area contributed by atoms with Gasteiger partial charge in [0.05, 0.1) is 30.5 Å². The normalized spacial score (nSPS) is 10.6. The minimum atomic E-state index is 0.746. The van der Waals surface area contributed by atoms with Crippen LogP contribution in [-0.2, 0) is 13.1 Å². The van der Waals surface area contributed by atoms with Crippen molar-refractivity contribution in [3.63, 3.8) is 0 Å².